The first-order valence-electron chi connectivity index (χ1n) is 11.8. The van der Waals surface area contributed by atoms with E-state index in [2.05, 4.69) is 22.8 Å². The SMILES string of the molecule is CCCC[C@H](NC(=O)[C@@H]1OCC[C@@H]1NC(=O)OCC1c2ccccc2-c2ccccc21)C(=O)O. The second-order valence-corrected chi connectivity index (χ2v) is 8.70. The standard InChI is InChI=1S/C26H30N2O6/c1-2-3-12-22(25(30)31)27-24(29)23-21(13-14-33-23)28-26(32)34-15-20-18-10-6-4-8-16(18)17-9-5-7-11-19(17)20/h4-11,20-23H,2-3,12-15H2,1H3,(H,27,29)(H,28,32)(H,30,31)/t21-,22-,23+/m0/s1. The molecule has 3 N–H and O–H groups in total. The Bertz CT molecular complexity index is 1010. The van der Waals surface area contributed by atoms with E-state index in [4.69, 9.17) is 9.47 Å². The lowest BCUT2D eigenvalue weighted by Gasteiger charge is -2.22. The number of rotatable bonds is 9. The molecule has 8 heteroatoms. The molecule has 0 spiro atoms. The van der Waals surface area contributed by atoms with Gasteiger partial charge in [-0.15, -0.1) is 0 Å². The normalized spacial score (nSPS) is 19.7. The van der Waals surface area contributed by atoms with E-state index in [1.54, 1.807) is 0 Å². The van der Waals surface area contributed by atoms with Crippen LogP contribution in [0, 0.1) is 0 Å². The summed E-state index contributed by atoms with van der Waals surface area (Å²) in [5.74, 6) is -1.68. The number of alkyl carbamates (subject to hydrolysis) is 1. The Balaban J connectivity index is 1.35. The molecule has 34 heavy (non-hydrogen) atoms. The molecule has 0 saturated carbocycles. The van der Waals surface area contributed by atoms with Crippen LogP contribution in [0.3, 0.4) is 0 Å². The van der Waals surface area contributed by atoms with Gasteiger partial charge in [-0.25, -0.2) is 9.59 Å². The molecule has 1 saturated heterocycles. The molecular formula is C26H30N2O6. The van der Waals surface area contributed by atoms with Crippen LogP contribution in [0.25, 0.3) is 11.1 Å². The summed E-state index contributed by atoms with van der Waals surface area (Å²) in [6.45, 7) is 2.41. The minimum Gasteiger partial charge on any atom is -0.480 e. The van der Waals surface area contributed by atoms with Gasteiger partial charge in [-0.05, 0) is 35.1 Å². The summed E-state index contributed by atoms with van der Waals surface area (Å²) in [7, 11) is 0. The van der Waals surface area contributed by atoms with Gasteiger partial charge in [0.25, 0.3) is 5.91 Å². The molecule has 2 aliphatic rings. The zero-order chi connectivity index (χ0) is 24.1. The third-order valence-corrected chi connectivity index (χ3v) is 6.46. The number of carboxylic acid groups (broad SMARTS) is 1. The Morgan fingerprint density at radius 2 is 1.74 bits per heavy atom. The Morgan fingerprint density at radius 1 is 1.09 bits per heavy atom. The number of benzene rings is 2. The molecule has 2 aromatic carbocycles. The molecule has 1 aliphatic heterocycles. The predicted molar refractivity (Wildman–Crippen MR) is 125 cm³/mol. The predicted octanol–water partition coefficient (Wildman–Crippen LogP) is 3.44. The van der Waals surface area contributed by atoms with Crippen molar-refractivity contribution >= 4 is 18.0 Å². The lowest BCUT2D eigenvalue weighted by atomic mass is 9.98. The van der Waals surface area contributed by atoms with Gasteiger partial charge in [0.1, 0.15) is 12.6 Å². The van der Waals surface area contributed by atoms with E-state index in [-0.39, 0.29) is 12.5 Å². The van der Waals surface area contributed by atoms with Crippen molar-refractivity contribution in [3.05, 3.63) is 59.7 Å². The van der Waals surface area contributed by atoms with E-state index >= 15 is 0 Å². The van der Waals surface area contributed by atoms with E-state index in [1.165, 1.54) is 0 Å². The molecule has 1 fully saturated rings. The highest BCUT2D eigenvalue weighted by Crippen LogP contribution is 2.44. The molecular weight excluding hydrogens is 436 g/mol. The molecule has 0 aromatic heterocycles. The molecule has 2 amide bonds. The maximum atomic E-state index is 12.7. The van der Waals surface area contributed by atoms with Crippen molar-refractivity contribution < 1.29 is 29.0 Å². The third kappa shape index (κ3) is 5.07. The zero-order valence-corrected chi connectivity index (χ0v) is 19.2. The molecule has 4 rings (SSSR count). The summed E-state index contributed by atoms with van der Waals surface area (Å²) in [6.07, 6.45) is 0.708. The summed E-state index contributed by atoms with van der Waals surface area (Å²) in [5, 5.41) is 14.6. The van der Waals surface area contributed by atoms with Crippen LogP contribution in [-0.2, 0) is 19.1 Å². The minimum absolute atomic E-state index is 0.0630. The topological polar surface area (TPSA) is 114 Å². The molecule has 2 aromatic rings. The van der Waals surface area contributed by atoms with Gasteiger partial charge in [-0.2, -0.15) is 0 Å². The van der Waals surface area contributed by atoms with Crippen LogP contribution in [0.2, 0.25) is 0 Å². The monoisotopic (exact) mass is 466 g/mol. The largest absolute Gasteiger partial charge is 0.480 e. The Morgan fingerprint density at radius 3 is 2.35 bits per heavy atom. The fraction of sp³-hybridized carbons (Fsp3) is 0.423. The van der Waals surface area contributed by atoms with Gasteiger partial charge in [0.05, 0.1) is 6.04 Å². The number of carboxylic acids is 1. The summed E-state index contributed by atoms with van der Waals surface area (Å²) in [6, 6.07) is 14.6. The number of hydrogen-bond acceptors (Lipinski definition) is 5. The Kier molecular flexibility index (Phi) is 7.47. The van der Waals surface area contributed by atoms with Crippen LogP contribution in [-0.4, -0.2) is 54.5 Å². The van der Waals surface area contributed by atoms with Crippen molar-refractivity contribution in [2.24, 2.45) is 0 Å². The average Bonchev–Trinajstić information content (AvgIpc) is 3.42. The van der Waals surface area contributed by atoms with Crippen LogP contribution in [0.5, 0.6) is 0 Å². The second kappa shape index (κ2) is 10.7. The number of fused-ring (bicyclic) bond motifs is 3. The van der Waals surface area contributed by atoms with Crippen molar-refractivity contribution in [2.45, 2.75) is 56.7 Å². The quantitative estimate of drug-likeness (QED) is 0.522. The van der Waals surface area contributed by atoms with E-state index in [1.807, 2.05) is 43.3 Å². The van der Waals surface area contributed by atoms with Crippen LogP contribution in [0.1, 0.15) is 49.7 Å². The Hall–Kier alpha value is -3.39. The highest BCUT2D eigenvalue weighted by molar-refractivity contribution is 5.87. The number of unbranched alkanes of at least 4 members (excludes halogenated alkanes) is 1. The Labute approximate surface area is 198 Å². The van der Waals surface area contributed by atoms with Crippen molar-refractivity contribution in [2.75, 3.05) is 13.2 Å². The first-order chi connectivity index (χ1) is 16.5. The first kappa shape index (κ1) is 23.8. The highest BCUT2D eigenvalue weighted by Gasteiger charge is 2.37. The van der Waals surface area contributed by atoms with Crippen molar-refractivity contribution in [3.63, 3.8) is 0 Å². The van der Waals surface area contributed by atoms with E-state index < -0.39 is 36.2 Å². The summed E-state index contributed by atoms with van der Waals surface area (Å²) >= 11 is 0. The van der Waals surface area contributed by atoms with Crippen molar-refractivity contribution in [1.29, 1.82) is 0 Å². The van der Waals surface area contributed by atoms with Crippen LogP contribution in [0.4, 0.5) is 4.79 Å². The van der Waals surface area contributed by atoms with E-state index in [0.717, 1.165) is 28.7 Å². The number of carbonyl (C=O) groups excluding carboxylic acids is 2. The first-order valence-corrected chi connectivity index (χ1v) is 11.8. The van der Waals surface area contributed by atoms with E-state index in [9.17, 15) is 19.5 Å². The van der Waals surface area contributed by atoms with Gasteiger partial charge in [-0.3, -0.25) is 4.79 Å². The molecule has 8 nitrogen and oxygen atoms in total. The molecule has 3 atom stereocenters. The number of aliphatic carboxylic acids is 1. The van der Waals surface area contributed by atoms with Gasteiger partial charge >= 0.3 is 12.1 Å². The van der Waals surface area contributed by atoms with Crippen molar-refractivity contribution in [1.82, 2.24) is 10.6 Å². The maximum absolute atomic E-state index is 12.7. The third-order valence-electron chi connectivity index (χ3n) is 6.46. The van der Waals surface area contributed by atoms with Crippen LogP contribution < -0.4 is 10.6 Å². The van der Waals surface area contributed by atoms with E-state index in [0.29, 0.717) is 25.9 Å². The second-order valence-electron chi connectivity index (χ2n) is 8.70. The molecule has 1 aliphatic carbocycles. The van der Waals surface area contributed by atoms with Crippen LogP contribution >= 0.6 is 0 Å². The lowest BCUT2D eigenvalue weighted by molar-refractivity contribution is -0.144. The summed E-state index contributed by atoms with van der Waals surface area (Å²) in [4.78, 5) is 36.7. The number of amides is 2. The smallest absolute Gasteiger partial charge is 0.407 e. The van der Waals surface area contributed by atoms with Gasteiger partial charge in [0, 0.05) is 12.5 Å². The van der Waals surface area contributed by atoms with Crippen molar-refractivity contribution in [3.8, 4) is 11.1 Å². The zero-order valence-electron chi connectivity index (χ0n) is 19.2. The molecule has 0 unspecified atom stereocenters. The fourth-order valence-electron chi connectivity index (χ4n) is 4.71. The van der Waals surface area contributed by atoms with Gasteiger partial charge in [-0.1, -0.05) is 68.3 Å². The summed E-state index contributed by atoms with van der Waals surface area (Å²) < 4.78 is 11.1. The molecule has 0 bridgehead atoms. The van der Waals surface area contributed by atoms with Gasteiger partial charge < -0.3 is 25.2 Å². The average molecular weight is 467 g/mol. The van der Waals surface area contributed by atoms with Gasteiger partial charge in [0.2, 0.25) is 0 Å². The fourth-order valence-corrected chi connectivity index (χ4v) is 4.71. The molecule has 180 valence electrons. The number of carbonyl (C=O) groups is 3. The lowest BCUT2D eigenvalue weighted by Crippen LogP contribution is -2.52. The van der Waals surface area contributed by atoms with Gasteiger partial charge in [0.15, 0.2) is 6.10 Å². The van der Waals surface area contributed by atoms with Crippen LogP contribution in [0.15, 0.2) is 48.5 Å². The number of nitrogens with one attached hydrogen (secondary N) is 2. The molecule has 0 radical (unpaired) electrons. The minimum atomic E-state index is -1.08. The number of ether oxygens (including phenoxy) is 2. The number of hydrogen-bond donors (Lipinski definition) is 3. The molecule has 1 heterocycles. The summed E-state index contributed by atoms with van der Waals surface area (Å²) in [5.41, 5.74) is 4.52. The maximum Gasteiger partial charge on any atom is 0.407 e. The highest BCUT2D eigenvalue weighted by atomic mass is 16.6.